The van der Waals surface area contributed by atoms with Gasteiger partial charge in [-0.25, -0.2) is 0 Å². The van der Waals surface area contributed by atoms with E-state index in [1.165, 1.54) is 4.88 Å². The fourth-order valence-corrected chi connectivity index (χ4v) is 3.34. The van der Waals surface area contributed by atoms with E-state index in [9.17, 15) is 0 Å². The monoisotopic (exact) mass is 230 g/mol. The van der Waals surface area contributed by atoms with Gasteiger partial charge in [-0.3, -0.25) is 0 Å². The van der Waals surface area contributed by atoms with E-state index >= 15 is 0 Å². The van der Waals surface area contributed by atoms with Crippen molar-refractivity contribution in [3.8, 4) is 0 Å². The van der Waals surface area contributed by atoms with Gasteiger partial charge in [0.2, 0.25) is 0 Å². The lowest BCUT2D eigenvalue weighted by atomic mass is 10.3. The Morgan fingerprint density at radius 1 is 1.57 bits per heavy atom. The molecular formula is C10H18N2S2. The number of hydrogen-bond donors (Lipinski definition) is 1. The summed E-state index contributed by atoms with van der Waals surface area (Å²) in [5.74, 6) is 1.15. The molecule has 0 saturated heterocycles. The molecule has 1 unspecified atom stereocenters. The third-order valence-corrected chi connectivity index (χ3v) is 4.33. The largest absolute Gasteiger partial charge is 0.329 e. The van der Waals surface area contributed by atoms with Crippen LogP contribution in [-0.2, 0) is 0 Å². The maximum atomic E-state index is 5.75. The molecule has 80 valence electrons. The normalized spacial score (nSPS) is 13.4. The van der Waals surface area contributed by atoms with E-state index in [2.05, 4.69) is 36.5 Å². The Labute approximate surface area is 94.5 Å². The first-order chi connectivity index (χ1) is 6.74. The Morgan fingerprint density at radius 2 is 2.36 bits per heavy atom. The van der Waals surface area contributed by atoms with E-state index in [1.54, 1.807) is 11.3 Å². The van der Waals surface area contributed by atoms with Gasteiger partial charge < -0.3 is 10.6 Å². The number of hydrogen-bond acceptors (Lipinski definition) is 4. The van der Waals surface area contributed by atoms with Crippen LogP contribution in [-0.4, -0.2) is 37.8 Å². The number of rotatable bonds is 6. The van der Waals surface area contributed by atoms with Crippen molar-refractivity contribution in [2.24, 2.45) is 5.73 Å². The molecule has 1 aromatic heterocycles. The van der Waals surface area contributed by atoms with E-state index in [0.717, 1.165) is 18.8 Å². The van der Waals surface area contributed by atoms with Crippen molar-refractivity contribution in [2.75, 3.05) is 32.9 Å². The van der Waals surface area contributed by atoms with Crippen molar-refractivity contribution in [3.05, 3.63) is 22.4 Å². The molecule has 0 radical (unpaired) electrons. The van der Waals surface area contributed by atoms with E-state index < -0.39 is 0 Å². The van der Waals surface area contributed by atoms with Gasteiger partial charge in [-0.05, 0) is 25.5 Å². The molecule has 0 fully saturated rings. The van der Waals surface area contributed by atoms with Crippen molar-refractivity contribution in [1.82, 2.24) is 4.90 Å². The molecule has 2 N–H and O–H groups in total. The summed E-state index contributed by atoms with van der Waals surface area (Å²) in [5.41, 5.74) is 5.75. The molecule has 0 aliphatic rings. The highest BCUT2D eigenvalue weighted by Crippen LogP contribution is 2.30. The van der Waals surface area contributed by atoms with Crippen LogP contribution in [0.4, 0.5) is 0 Å². The van der Waals surface area contributed by atoms with E-state index in [1.807, 2.05) is 11.8 Å². The summed E-state index contributed by atoms with van der Waals surface area (Å²) in [6, 6.07) is 4.26. The van der Waals surface area contributed by atoms with Crippen LogP contribution < -0.4 is 5.73 Å². The van der Waals surface area contributed by atoms with Gasteiger partial charge in [0, 0.05) is 23.7 Å². The third-order valence-electron chi connectivity index (χ3n) is 1.93. The average molecular weight is 230 g/mol. The number of nitrogens with two attached hydrogens (primary N) is 1. The van der Waals surface area contributed by atoms with Crippen LogP contribution in [0.5, 0.6) is 0 Å². The topological polar surface area (TPSA) is 29.3 Å². The van der Waals surface area contributed by atoms with Crippen LogP contribution in [0.3, 0.4) is 0 Å². The molecule has 1 aromatic rings. The smallest absolute Gasteiger partial charge is 0.0513 e. The summed E-state index contributed by atoms with van der Waals surface area (Å²) < 4.78 is 0. The highest BCUT2D eigenvalue weighted by molar-refractivity contribution is 7.99. The average Bonchev–Trinajstić information content (AvgIpc) is 2.64. The zero-order valence-corrected chi connectivity index (χ0v) is 10.4. The molecular weight excluding hydrogens is 212 g/mol. The highest BCUT2D eigenvalue weighted by atomic mass is 32.2. The highest BCUT2D eigenvalue weighted by Gasteiger charge is 2.10. The predicted molar refractivity (Wildman–Crippen MR) is 67.1 cm³/mol. The van der Waals surface area contributed by atoms with E-state index in [0.29, 0.717) is 5.25 Å². The summed E-state index contributed by atoms with van der Waals surface area (Å²) in [5, 5.41) is 2.60. The van der Waals surface area contributed by atoms with Crippen LogP contribution in [0.25, 0.3) is 0 Å². The van der Waals surface area contributed by atoms with Gasteiger partial charge in [-0.15, -0.1) is 11.3 Å². The second kappa shape index (κ2) is 6.45. The van der Waals surface area contributed by atoms with Crippen LogP contribution in [0, 0.1) is 0 Å². The van der Waals surface area contributed by atoms with Crippen molar-refractivity contribution in [2.45, 2.75) is 5.25 Å². The molecule has 0 aliphatic heterocycles. The summed E-state index contributed by atoms with van der Waals surface area (Å²) in [6.07, 6.45) is 0. The van der Waals surface area contributed by atoms with Gasteiger partial charge in [0.1, 0.15) is 0 Å². The Kier molecular flexibility index (Phi) is 5.55. The van der Waals surface area contributed by atoms with Crippen LogP contribution in [0.1, 0.15) is 10.1 Å². The SMILES string of the molecule is CN(C)CCSC(CN)c1cccs1. The summed E-state index contributed by atoms with van der Waals surface area (Å²) >= 11 is 3.75. The molecule has 14 heavy (non-hydrogen) atoms. The van der Waals surface area contributed by atoms with E-state index in [4.69, 9.17) is 5.73 Å². The number of thioether (sulfide) groups is 1. The Bertz CT molecular complexity index is 234. The lowest BCUT2D eigenvalue weighted by molar-refractivity contribution is 0.437. The lowest BCUT2D eigenvalue weighted by Gasteiger charge is -2.14. The van der Waals surface area contributed by atoms with Gasteiger partial charge in [-0.2, -0.15) is 11.8 Å². The standard InChI is InChI=1S/C10H18N2S2/c1-12(2)5-7-14-10(8-11)9-4-3-6-13-9/h3-4,6,10H,5,7-8,11H2,1-2H3. The molecule has 0 aromatic carbocycles. The van der Waals surface area contributed by atoms with Gasteiger partial charge in [0.25, 0.3) is 0 Å². The van der Waals surface area contributed by atoms with Crippen LogP contribution >= 0.6 is 23.1 Å². The summed E-state index contributed by atoms with van der Waals surface area (Å²) in [7, 11) is 4.20. The first-order valence-corrected chi connectivity index (χ1v) is 6.66. The summed E-state index contributed by atoms with van der Waals surface area (Å²) in [4.78, 5) is 3.60. The molecule has 1 heterocycles. The summed E-state index contributed by atoms with van der Waals surface area (Å²) in [6.45, 7) is 1.85. The number of thiophene rings is 1. The van der Waals surface area contributed by atoms with Crippen LogP contribution in [0.2, 0.25) is 0 Å². The maximum absolute atomic E-state index is 5.75. The van der Waals surface area contributed by atoms with E-state index in [-0.39, 0.29) is 0 Å². The first kappa shape index (κ1) is 12.0. The minimum Gasteiger partial charge on any atom is -0.329 e. The minimum absolute atomic E-state index is 0.481. The zero-order valence-electron chi connectivity index (χ0n) is 8.77. The van der Waals surface area contributed by atoms with Gasteiger partial charge >= 0.3 is 0 Å². The molecule has 1 rings (SSSR count). The van der Waals surface area contributed by atoms with Gasteiger partial charge in [-0.1, -0.05) is 6.07 Å². The molecule has 0 aliphatic carbocycles. The predicted octanol–water partition coefficient (Wildman–Crippen LogP) is 2.04. The van der Waals surface area contributed by atoms with Crippen molar-refractivity contribution in [1.29, 1.82) is 0 Å². The molecule has 0 amide bonds. The molecule has 0 saturated carbocycles. The third kappa shape index (κ3) is 4.00. The second-order valence-corrected chi connectivity index (χ2v) is 5.70. The Morgan fingerprint density at radius 3 is 2.86 bits per heavy atom. The lowest BCUT2D eigenvalue weighted by Crippen LogP contribution is -2.17. The fraction of sp³-hybridized carbons (Fsp3) is 0.600. The van der Waals surface area contributed by atoms with Crippen LogP contribution in [0.15, 0.2) is 17.5 Å². The molecule has 0 bridgehead atoms. The Balaban J connectivity index is 2.33. The van der Waals surface area contributed by atoms with Crippen molar-refractivity contribution >= 4 is 23.1 Å². The number of nitrogens with zero attached hydrogens (tertiary/aromatic N) is 1. The van der Waals surface area contributed by atoms with Crippen molar-refractivity contribution in [3.63, 3.8) is 0 Å². The Hall–Kier alpha value is -0.0300. The second-order valence-electron chi connectivity index (χ2n) is 3.41. The molecule has 4 heteroatoms. The maximum Gasteiger partial charge on any atom is 0.0513 e. The van der Waals surface area contributed by atoms with Crippen molar-refractivity contribution < 1.29 is 0 Å². The molecule has 2 nitrogen and oxygen atoms in total. The molecule has 0 spiro atoms. The quantitative estimate of drug-likeness (QED) is 0.811. The fourth-order valence-electron chi connectivity index (χ4n) is 1.12. The zero-order chi connectivity index (χ0) is 10.4. The minimum atomic E-state index is 0.481. The first-order valence-electron chi connectivity index (χ1n) is 4.74. The van der Waals surface area contributed by atoms with Gasteiger partial charge in [0.05, 0.1) is 5.25 Å². The molecule has 1 atom stereocenters. The van der Waals surface area contributed by atoms with Gasteiger partial charge in [0.15, 0.2) is 0 Å².